The van der Waals surface area contributed by atoms with Gasteiger partial charge in [-0.25, -0.2) is 4.68 Å². The lowest BCUT2D eigenvalue weighted by Crippen LogP contribution is -2.48. The predicted octanol–water partition coefficient (Wildman–Crippen LogP) is 4.87. The molecule has 1 saturated carbocycles. The van der Waals surface area contributed by atoms with Crippen LogP contribution in [0.3, 0.4) is 0 Å². The maximum atomic E-state index is 11.2. The number of hydrogen-bond donors (Lipinski definition) is 0. The average molecular weight is 397 g/mol. The molecule has 1 fully saturated rings. The highest BCUT2D eigenvalue weighted by Crippen LogP contribution is 2.58. The first-order chi connectivity index (χ1) is 13.4. The molecule has 1 heterocycles. The maximum absolute atomic E-state index is 11.2. The second-order valence-electron chi connectivity index (χ2n) is 7.99. The van der Waals surface area contributed by atoms with Gasteiger partial charge < -0.3 is 0 Å². The molecule has 0 radical (unpaired) electrons. The number of hydrogen-bond acceptors (Lipinski definition) is 5. The summed E-state index contributed by atoms with van der Waals surface area (Å²) in [6.07, 6.45) is 6.63. The summed E-state index contributed by atoms with van der Waals surface area (Å²) >= 11 is 1.50. The van der Waals surface area contributed by atoms with Gasteiger partial charge in [0, 0.05) is 29.6 Å². The first kappa shape index (κ1) is 18.8. The molecule has 0 spiro atoms. The highest BCUT2D eigenvalue weighted by molar-refractivity contribution is 7.07. The molecule has 0 N–H and O–H groups in total. The van der Waals surface area contributed by atoms with Crippen LogP contribution in [0.4, 0.5) is 5.69 Å². The van der Waals surface area contributed by atoms with E-state index >= 15 is 0 Å². The zero-order chi connectivity index (χ0) is 19.9. The van der Waals surface area contributed by atoms with Crippen molar-refractivity contribution in [2.75, 3.05) is 6.54 Å². The number of aromatic nitrogens is 1. The fraction of sp³-hybridized carbons (Fsp3) is 0.429. The molecule has 1 aromatic carbocycles. The summed E-state index contributed by atoms with van der Waals surface area (Å²) in [5.74, 6) is 1.34. The van der Waals surface area contributed by atoms with Gasteiger partial charge in [-0.1, -0.05) is 32.1 Å². The van der Waals surface area contributed by atoms with Crippen molar-refractivity contribution in [2.24, 2.45) is 27.3 Å². The number of nitro groups is 1. The lowest BCUT2D eigenvalue weighted by Gasteiger charge is -2.55. The number of nitro benzene ring substituents is 1. The molecule has 2 unspecified atom stereocenters. The molecule has 0 saturated heterocycles. The smallest absolute Gasteiger partial charge is 0.258 e. The van der Waals surface area contributed by atoms with Crippen molar-refractivity contribution in [1.29, 1.82) is 0 Å². The summed E-state index contributed by atoms with van der Waals surface area (Å²) < 4.78 is 1.81. The van der Waals surface area contributed by atoms with Gasteiger partial charge >= 0.3 is 0 Å². The van der Waals surface area contributed by atoms with E-state index in [0.717, 1.165) is 28.4 Å². The Balaban J connectivity index is 1.74. The summed E-state index contributed by atoms with van der Waals surface area (Å²) in [6.45, 7) is 7.33. The number of allylic oxidation sites excluding steroid dienone is 2. The standard InChI is InChI=1S/C21H24N4O2S/c1-4-22-20-24(23-12-15-8-9-16-11-18(15)21(16,2)3)19(13-28-20)14-6-5-7-17(10-14)25(26)27/h5-8,10,12-13,16,18H,4,9,11H2,1-3H3. The predicted molar refractivity (Wildman–Crippen MR) is 112 cm³/mol. The van der Waals surface area contributed by atoms with Gasteiger partial charge in [0.25, 0.3) is 5.69 Å². The van der Waals surface area contributed by atoms with Crippen molar-refractivity contribution < 1.29 is 4.92 Å². The van der Waals surface area contributed by atoms with Gasteiger partial charge in [0.2, 0.25) is 4.80 Å². The second-order valence-corrected chi connectivity index (χ2v) is 8.82. The lowest BCUT2D eigenvalue weighted by atomic mass is 9.49. The summed E-state index contributed by atoms with van der Waals surface area (Å²) in [7, 11) is 0. The number of thiazole rings is 1. The van der Waals surface area contributed by atoms with Crippen LogP contribution < -0.4 is 4.80 Å². The molecule has 28 heavy (non-hydrogen) atoms. The fourth-order valence-corrected chi connectivity index (χ4v) is 5.20. The number of nitrogens with zero attached hydrogens (tertiary/aromatic N) is 4. The topological polar surface area (TPSA) is 72.8 Å². The van der Waals surface area contributed by atoms with Gasteiger partial charge in [-0.2, -0.15) is 5.10 Å². The molecule has 0 aliphatic heterocycles. The lowest BCUT2D eigenvalue weighted by molar-refractivity contribution is -0.384. The SMILES string of the molecule is CCN=c1scc(-c2cccc([N+](=O)[O-])c2)n1N=CC1=CCC2CC1C2(C)C. The Morgan fingerprint density at radius 3 is 2.93 bits per heavy atom. The normalized spacial score (nSPS) is 23.5. The van der Waals surface area contributed by atoms with Gasteiger partial charge in [0.15, 0.2) is 0 Å². The number of non-ortho nitro benzene ring substituents is 1. The third-order valence-corrected chi connectivity index (χ3v) is 7.02. The molecule has 7 heteroatoms. The van der Waals surface area contributed by atoms with Crippen LogP contribution in [0.15, 0.2) is 51.4 Å². The largest absolute Gasteiger partial charge is 0.270 e. The van der Waals surface area contributed by atoms with Crippen LogP contribution in [0.25, 0.3) is 11.3 Å². The zero-order valence-corrected chi connectivity index (χ0v) is 17.1. The highest BCUT2D eigenvalue weighted by Gasteiger charge is 2.50. The summed E-state index contributed by atoms with van der Waals surface area (Å²) in [5, 5.41) is 17.9. The van der Waals surface area contributed by atoms with E-state index in [0.29, 0.717) is 17.9 Å². The van der Waals surface area contributed by atoms with Gasteiger partial charge in [0.1, 0.15) is 0 Å². The van der Waals surface area contributed by atoms with Crippen LogP contribution in [0.5, 0.6) is 0 Å². The highest BCUT2D eigenvalue weighted by atomic mass is 32.1. The molecule has 2 aromatic rings. The van der Waals surface area contributed by atoms with Crippen LogP contribution in [-0.2, 0) is 0 Å². The minimum Gasteiger partial charge on any atom is -0.258 e. The van der Waals surface area contributed by atoms with E-state index in [-0.39, 0.29) is 10.6 Å². The molecular formula is C21H24N4O2S. The molecule has 2 atom stereocenters. The molecule has 0 amide bonds. The van der Waals surface area contributed by atoms with Gasteiger partial charge in [0.05, 0.1) is 16.8 Å². The Morgan fingerprint density at radius 1 is 1.43 bits per heavy atom. The van der Waals surface area contributed by atoms with Gasteiger partial charge in [-0.15, -0.1) is 11.3 Å². The molecule has 1 aromatic heterocycles. The summed E-state index contributed by atoms with van der Waals surface area (Å²) in [4.78, 5) is 16.1. The molecule has 3 aliphatic carbocycles. The number of benzene rings is 1. The molecular weight excluding hydrogens is 372 g/mol. The third kappa shape index (κ3) is 3.13. The Kier molecular flexibility index (Phi) is 4.79. The number of fused-ring (bicyclic) bond motifs is 1. The molecule has 2 bridgehead atoms. The number of rotatable bonds is 5. The van der Waals surface area contributed by atoms with Crippen molar-refractivity contribution in [1.82, 2.24) is 4.68 Å². The van der Waals surface area contributed by atoms with E-state index in [4.69, 9.17) is 5.10 Å². The second kappa shape index (κ2) is 7.13. The van der Waals surface area contributed by atoms with Gasteiger partial charge in [-0.05, 0) is 42.6 Å². The minimum absolute atomic E-state index is 0.0745. The van der Waals surface area contributed by atoms with E-state index in [1.54, 1.807) is 12.1 Å². The average Bonchev–Trinajstić information content (AvgIpc) is 3.09. The van der Waals surface area contributed by atoms with Crippen LogP contribution in [-0.4, -0.2) is 22.4 Å². The molecule has 6 nitrogen and oxygen atoms in total. The van der Waals surface area contributed by atoms with Crippen molar-refractivity contribution in [2.45, 2.75) is 33.6 Å². The van der Waals surface area contributed by atoms with E-state index in [9.17, 15) is 10.1 Å². The van der Waals surface area contributed by atoms with Crippen molar-refractivity contribution >= 4 is 23.2 Å². The Bertz CT molecular complexity index is 1040. The van der Waals surface area contributed by atoms with Crippen LogP contribution >= 0.6 is 11.3 Å². The summed E-state index contributed by atoms with van der Waals surface area (Å²) in [5.41, 5.74) is 3.29. The molecule has 146 valence electrons. The third-order valence-electron chi connectivity index (χ3n) is 6.16. The van der Waals surface area contributed by atoms with E-state index in [2.05, 4.69) is 24.9 Å². The van der Waals surface area contributed by atoms with Crippen molar-refractivity contribution in [3.63, 3.8) is 0 Å². The Labute approximate surface area is 168 Å². The zero-order valence-electron chi connectivity index (χ0n) is 16.3. The van der Waals surface area contributed by atoms with E-state index in [1.807, 2.05) is 29.3 Å². The van der Waals surface area contributed by atoms with Crippen molar-refractivity contribution in [3.8, 4) is 11.3 Å². The first-order valence-electron chi connectivity index (χ1n) is 9.62. The molecule has 3 aliphatic rings. The Hall–Kier alpha value is -2.54. The van der Waals surface area contributed by atoms with Crippen LogP contribution in [0.2, 0.25) is 0 Å². The Morgan fingerprint density at radius 2 is 2.25 bits per heavy atom. The summed E-state index contributed by atoms with van der Waals surface area (Å²) in [6, 6.07) is 6.67. The van der Waals surface area contributed by atoms with E-state index < -0.39 is 0 Å². The quantitative estimate of drug-likeness (QED) is 0.411. The molecule has 5 rings (SSSR count). The monoisotopic (exact) mass is 396 g/mol. The minimum atomic E-state index is -0.372. The van der Waals surface area contributed by atoms with Crippen molar-refractivity contribution in [3.05, 3.63) is 56.2 Å². The first-order valence-corrected chi connectivity index (χ1v) is 10.5. The fourth-order valence-electron chi connectivity index (χ4n) is 4.30. The van der Waals surface area contributed by atoms with E-state index in [1.165, 1.54) is 29.4 Å². The van der Waals surface area contributed by atoms with Crippen LogP contribution in [0, 0.1) is 27.4 Å². The van der Waals surface area contributed by atoms with Crippen LogP contribution in [0.1, 0.15) is 33.6 Å². The maximum Gasteiger partial charge on any atom is 0.270 e. The van der Waals surface area contributed by atoms with Gasteiger partial charge in [-0.3, -0.25) is 15.1 Å².